The maximum absolute atomic E-state index is 9.71. The zero-order valence-corrected chi connectivity index (χ0v) is 16.3. The second kappa shape index (κ2) is 8.69. The van der Waals surface area contributed by atoms with Gasteiger partial charge < -0.3 is 5.11 Å². The van der Waals surface area contributed by atoms with Gasteiger partial charge >= 0.3 is 0 Å². The van der Waals surface area contributed by atoms with Crippen molar-refractivity contribution in [2.75, 3.05) is 6.61 Å². The van der Waals surface area contributed by atoms with E-state index in [1.807, 2.05) is 0 Å². The lowest BCUT2D eigenvalue weighted by molar-refractivity contribution is 0.284. The molecule has 1 aromatic carbocycles. The molecule has 0 spiro atoms. The Morgan fingerprint density at radius 1 is 1.05 bits per heavy atom. The van der Waals surface area contributed by atoms with Crippen molar-refractivity contribution in [1.82, 2.24) is 0 Å². The number of hydrogen-bond donors (Lipinski definition) is 1. The van der Waals surface area contributed by atoms with Gasteiger partial charge in [-0.3, -0.25) is 0 Å². The molecule has 124 valence electrons. The highest BCUT2D eigenvalue weighted by Gasteiger charge is 2.45. The van der Waals surface area contributed by atoms with Crippen LogP contribution in [0, 0.1) is 0 Å². The minimum Gasteiger partial charge on any atom is -0.396 e. The maximum atomic E-state index is 9.71. The molecule has 0 aliphatic heterocycles. The molecule has 0 radical (unpaired) electrons. The van der Waals surface area contributed by atoms with Crippen LogP contribution in [0.5, 0.6) is 0 Å². The van der Waals surface area contributed by atoms with E-state index in [0.717, 1.165) is 6.42 Å². The van der Waals surface area contributed by atoms with Gasteiger partial charge in [0, 0.05) is 6.61 Å². The van der Waals surface area contributed by atoms with E-state index in [9.17, 15) is 5.11 Å². The van der Waals surface area contributed by atoms with Crippen molar-refractivity contribution in [3.05, 3.63) is 47.5 Å². The fraction of sp³-hybridized carbons (Fsp3) is 0.600. The minimum absolute atomic E-state index is 0.280. The molecule has 0 bridgehead atoms. The summed E-state index contributed by atoms with van der Waals surface area (Å²) in [5, 5.41) is 9.71. The number of benzene rings is 1. The van der Waals surface area contributed by atoms with Crippen molar-refractivity contribution in [1.29, 1.82) is 0 Å². The molecule has 22 heavy (non-hydrogen) atoms. The predicted molar refractivity (Wildman–Crippen MR) is 101 cm³/mol. The van der Waals surface area contributed by atoms with Gasteiger partial charge in [-0.2, -0.15) is 0 Å². The largest absolute Gasteiger partial charge is 0.396 e. The highest BCUT2D eigenvalue weighted by atomic mass is 28.3. The van der Waals surface area contributed by atoms with E-state index in [0.29, 0.717) is 16.6 Å². The van der Waals surface area contributed by atoms with Crippen LogP contribution in [-0.2, 0) is 0 Å². The number of allylic oxidation sites excluding steroid dienone is 2. The zero-order chi connectivity index (χ0) is 16.8. The van der Waals surface area contributed by atoms with E-state index in [-0.39, 0.29) is 6.61 Å². The Balaban J connectivity index is 3.39. The van der Waals surface area contributed by atoms with E-state index < -0.39 is 8.07 Å². The van der Waals surface area contributed by atoms with Gasteiger partial charge in [0.2, 0.25) is 0 Å². The molecule has 2 heteroatoms. The molecule has 1 nitrogen and oxygen atoms in total. The summed E-state index contributed by atoms with van der Waals surface area (Å²) in [5.41, 5.74) is 4.75. The molecule has 0 aliphatic carbocycles. The average Bonchev–Trinajstić information content (AvgIpc) is 2.46. The third kappa shape index (κ3) is 4.33. The van der Waals surface area contributed by atoms with Crippen molar-refractivity contribution >= 4 is 8.07 Å². The van der Waals surface area contributed by atoms with Gasteiger partial charge in [0.05, 0.1) is 8.07 Å². The zero-order valence-electron chi connectivity index (χ0n) is 15.3. The third-order valence-electron chi connectivity index (χ3n) is 5.28. The fourth-order valence-corrected chi connectivity index (χ4v) is 10.4. The number of aliphatic hydroxyl groups excluding tert-OH is 1. The van der Waals surface area contributed by atoms with E-state index in [2.05, 4.69) is 78.0 Å². The van der Waals surface area contributed by atoms with E-state index in [1.54, 1.807) is 0 Å². The molecule has 1 rings (SSSR count). The first kappa shape index (κ1) is 19.2. The highest BCUT2D eigenvalue weighted by Crippen LogP contribution is 2.48. The van der Waals surface area contributed by atoms with E-state index in [4.69, 9.17) is 0 Å². The van der Waals surface area contributed by atoms with Gasteiger partial charge in [-0.05, 0) is 37.4 Å². The average molecular weight is 319 g/mol. The van der Waals surface area contributed by atoms with Crippen molar-refractivity contribution in [2.24, 2.45) is 0 Å². The molecule has 1 atom stereocenters. The Morgan fingerprint density at radius 2 is 1.59 bits per heavy atom. The first-order chi connectivity index (χ1) is 10.4. The van der Waals surface area contributed by atoms with Crippen LogP contribution in [0.15, 0.2) is 42.0 Å². The van der Waals surface area contributed by atoms with E-state index >= 15 is 0 Å². The summed E-state index contributed by atoms with van der Waals surface area (Å²) >= 11 is 0. The molecule has 0 heterocycles. The maximum Gasteiger partial charge on any atom is 0.0701 e. The van der Waals surface area contributed by atoms with Crippen molar-refractivity contribution < 1.29 is 5.11 Å². The molecule has 0 aromatic heterocycles. The third-order valence-corrected chi connectivity index (χ3v) is 12.4. The van der Waals surface area contributed by atoms with Crippen LogP contribution in [0.4, 0.5) is 0 Å². The Kier molecular flexibility index (Phi) is 7.57. The van der Waals surface area contributed by atoms with Crippen molar-refractivity contribution in [2.45, 2.75) is 70.6 Å². The molecule has 1 aromatic rings. The lowest BCUT2D eigenvalue weighted by Gasteiger charge is -2.46. The monoisotopic (exact) mass is 318 g/mol. The Hall–Kier alpha value is -0.863. The Bertz CT molecular complexity index is 450. The number of hydrogen-bond acceptors (Lipinski definition) is 1. The van der Waals surface area contributed by atoms with Crippen LogP contribution >= 0.6 is 0 Å². The predicted octanol–water partition coefficient (Wildman–Crippen LogP) is 5.93. The minimum atomic E-state index is -1.64. The summed E-state index contributed by atoms with van der Waals surface area (Å²) in [4.78, 5) is 0. The van der Waals surface area contributed by atoms with Crippen LogP contribution in [0.25, 0.3) is 0 Å². The van der Waals surface area contributed by atoms with Gasteiger partial charge in [0.25, 0.3) is 0 Å². The van der Waals surface area contributed by atoms with Gasteiger partial charge in [-0.15, -0.1) is 0 Å². The number of rotatable bonds is 8. The fourth-order valence-electron chi connectivity index (χ4n) is 4.03. The molecule has 0 saturated heterocycles. The van der Waals surface area contributed by atoms with Crippen molar-refractivity contribution in [3.8, 4) is 0 Å². The van der Waals surface area contributed by atoms with Crippen LogP contribution < -0.4 is 0 Å². The van der Waals surface area contributed by atoms with Gasteiger partial charge in [-0.1, -0.05) is 80.8 Å². The van der Waals surface area contributed by atoms with Gasteiger partial charge in [0.1, 0.15) is 0 Å². The quantitative estimate of drug-likeness (QED) is 0.465. The lowest BCUT2D eigenvalue weighted by Crippen LogP contribution is -2.47. The molecular formula is C20H34OSi. The standard InChI is InChI=1S/C20H34OSi/c1-16(2)13-15-22(17(3)4,18(5)6)20(12-14-21)19-10-8-7-9-11-19/h7-11,13,17-18,20-21H,12,14-15H2,1-6H3. The molecule has 0 amide bonds. The second-order valence-electron chi connectivity index (χ2n) is 7.38. The molecule has 0 saturated carbocycles. The first-order valence-corrected chi connectivity index (χ1v) is 11.1. The normalized spacial score (nSPS) is 13.5. The summed E-state index contributed by atoms with van der Waals surface area (Å²) in [6, 6.07) is 12.1. The lowest BCUT2D eigenvalue weighted by atomic mass is 10.1. The molecule has 1 N–H and O–H groups in total. The molecule has 1 unspecified atom stereocenters. The van der Waals surface area contributed by atoms with Gasteiger partial charge in [0.15, 0.2) is 0 Å². The smallest absolute Gasteiger partial charge is 0.0701 e. The van der Waals surface area contributed by atoms with Crippen molar-refractivity contribution in [3.63, 3.8) is 0 Å². The van der Waals surface area contributed by atoms with Gasteiger partial charge in [-0.25, -0.2) is 0 Å². The van der Waals surface area contributed by atoms with Crippen LogP contribution in [-0.4, -0.2) is 19.8 Å². The summed E-state index contributed by atoms with van der Waals surface area (Å²) in [6.45, 7) is 14.3. The topological polar surface area (TPSA) is 20.2 Å². The van der Waals surface area contributed by atoms with Crippen LogP contribution in [0.2, 0.25) is 17.1 Å². The van der Waals surface area contributed by atoms with Crippen LogP contribution in [0.3, 0.4) is 0 Å². The number of aliphatic hydroxyl groups is 1. The first-order valence-electron chi connectivity index (χ1n) is 8.65. The molecule has 0 aliphatic rings. The Labute approximate surface area is 138 Å². The van der Waals surface area contributed by atoms with Crippen LogP contribution in [0.1, 0.15) is 59.1 Å². The van der Waals surface area contributed by atoms with E-state index in [1.165, 1.54) is 17.2 Å². The summed E-state index contributed by atoms with van der Waals surface area (Å²) in [7, 11) is -1.64. The summed E-state index contributed by atoms with van der Waals surface area (Å²) in [6.07, 6.45) is 3.34. The Morgan fingerprint density at radius 3 is 2.00 bits per heavy atom. The summed E-state index contributed by atoms with van der Waals surface area (Å²) < 4.78 is 0. The SMILES string of the molecule is CC(C)=CC[Si](C(C)C)(C(C)C)C(CCO)c1ccccc1. The highest BCUT2D eigenvalue weighted by molar-refractivity contribution is 6.84. The summed E-state index contributed by atoms with van der Waals surface area (Å²) in [5.74, 6) is 0. The molecule has 0 fully saturated rings. The molecular weight excluding hydrogens is 284 g/mol. The second-order valence-corrected chi connectivity index (χ2v) is 13.0.